The molecule has 0 aromatic carbocycles. The molecular weight excluding hydrogens is 374 g/mol. The van der Waals surface area contributed by atoms with E-state index in [1.165, 1.54) is 18.4 Å². The number of thiophene rings is 1. The molecule has 9 heteroatoms. The van der Waals surface area contributed by atoms with Crippen LogP contribution in [-0.4, -0.2) is 49.5 Å². The fourth-order valence-corrected chi connectivity index (χ4v) is 3.31. The van der Waals surface area contributed by atoms with E-state index in [4.69, 9.17) is 18.9 Å². The van der Waals surface area contributed by atoms with Crippen LogP contribution in [0.15, 0.2) is 17.5 Å². The van der Waals surface area contributed by atoms with Crippen LogP contribution < -0.4 is 4.74 Å². The van der Waals surface area contributed by atoms with Crippen LogP contribution >= 0.6 is 11.3 Å². The molecule has 2 aromatic heterocycles. The van der Waals surface area contributed by atoms with E-state index < -0.39 is 18.0 Å². The summed E-state index contributed by atoms with van der Waals surface area (Å²) in [6, 6.07) is 3.47. The number of rotatable bonds is 7. The lowest BCUT2D eigenvalue weighted by molar-refractivity contribution is 0.0507. The van der Waals surface area contributed by atoms with Gasteiger partial charge in [0.1, 0.15) is 5.56 Å². The lowest BCUT2D eigenvalue weighted by Gasteiger charge is -2.11. The van der Waals surface area contributed by atoms with E-state index in [9.17, 15) is 14.4 Å². The summed E-state index contributed by atoms with van der Waals surface area (Å²) in [5.74, 6) is -1.62. The van der Waals surface area contributed by atoms with E-state index in [2.05, 4.69) is 0 Å². The zero-order valence-electron chi connectivity index (χ0n) is 15.6. The molecule has 2 heterocycles. The average molecular weight is 395 g/mol. The predicted octanol–water partition coefficient (Wildman–Crippen LogP) is 3.58. The van der Waals surface area contributed by atoms with Crippen LogP contribution in [-0.2, 0) is 14.2 Å². The Balaban J connectivity index is 2.89. The Morgan fingerprint density at radius 1 is 1.00 bits per heavy atom. The summed E-state index contributed by atoms with van der Waals surface area (Å²) in [6.45, 7) is 5.21. The first-order valence-corrected chi connectivity index (χ1v) is 9.27. The second kappa shape index (κ2) is 9.22. The fourth-order valence-electron chi connectivity index (χ4n) is 2.54. The van der Waals surface area contributed by atoms with E-state index in [0.717, 1.165) is 4.57 Å². The normalized spacial score (nSPS) is 10.4. The highest BCUT2D eigenvalue weighted by Gasteiger charge is 2.37. The van der Waals surface area contributed by atoms with Gasteiger partial charge in [-0.15, -0.1) is 11.3 Å². The van der Waals surface area contributed by atoms with Crippen LogP contribution in [0, 0.1) is 0 Å². The molecule has 0 saturated heterocycles. The van der Waals surface area contributed by atoms with Crippen molar-refractivity contribution in [3.05, 3.63) is 28.8 Å². The van der Waals surface area contributed by atoms with Gasteiger partial charge in [0, 0.05) is 0 Å². The van der Waals surface area contributed by atoms with Crippen molar-refractivity contribution in [3.63, 3.8) is 0 Å². The number of methoxy groups -OCH3 is 1. The second-order valence-electron chi connectivity index (χ2n) is 5.06. The molecule has 0 fully saturated rings. The van der Waals surface area contributed by atoms with Crippen molar-refractivity contribution < 1.29 is 33.3 Å². The highest BCUT2D eigenvalue weighted by molar-refractivity contribution is 7.13. The van der Waals surface area contributed by atoms with E-state index in [0.29, 0.717) is 4.88 Å². The number of carbonyl (C=O) groups excluding carboxylic acids is 3. The molecule has 8 nitrogen and oxygen atoms in total. The fraction of sp³-hybridized carbons (Fsp3) is 0.389. The van der Waals surface area contributed by atoms with Crippen molar-refractivity contribution in [2.45, 2.75) is 20.8 Å². The third-order valence-corrected chi connectivity index (χ3v) is 4.36. The standard InChI is InChI=1S/C18H21NO7S/c1-5-24-16(20)12-13(11-9-8-10-27-11)19(18(22)26-7-3)14(15(12)23-4)17(21)25-6-2/h8-10H,5-7H2,1-4H3. The maximum Gasteiger partial charge on any atom is 0.419 e. The molecule has 0 bridgehead atoms. The van der Waals surface area contributed by atoms with Crippen molar-refractivity contribution in [2.75, 3.05) is 26.9 Å². The summed E-state index contributed by atoms with van der Waals surface area (Å²) in [6.07, 6.45) is -0.821. The first kappa shape index (κ1) is 20.5. The van der Waals surface area contributed by atoms with Gasteiger partial charge in [-0.25, -0.2) is 19.0 Å². The molecule has 0 aliphatic heterocycles. The Kier molecular flexibility index (Phi) is 7.00. The smallest absolute Gasteiger partial charge is 0.419 e. The molecule has 0 amide bonds. The lowest BCUT2D eigenvalue weighted by Crippen LogP contribution is -2.21. The molecule has 2 rings (SSSR count). The maximum atomic E-state index is 12.7. The molecule has 0 saturated carbocycles. The van der Waals surface area contributed by atoms with Gasteiger partial charge in [0.25, 0.3) is 0 Å². The van der Waals surface area contributed by atoms with E-state index in [1.807, 2.05) is 0 Å². The second-order valence-corrected chi connectivity index (χ2v) is 6.01. The Labute approximate surface area is 160 Å². The maximum absolute atomic E-state index is 12.7. The summed E-state index contributed by atoms with van der Waals surface area (Å²) in [4.78, 5) is 38.5. The average Bonchev–Trinajstić information content (AvgIpc) is 3.27. The Morgan fingerprint density at radius 3 is 2.15 bits per heavy atom. The molecule has 0 radical (unpaired) electrons. The van der Waals surface area contributed by atoms with Gasteiger partial charge in [-0.3, -0.25) is 0 Å². The molecule has 0 unspecified atom stereocenters. The van der Waals surface area contributed by atoms with Crippen LogP contribution in [0.4, 0.5) is 4.79 Å². The van der Waals surface area contributed by atoms with Crippen LogP contribution in [0.1, 0.15) is 41.6 Å². The first-order valence-electron chi connectivity index (χ1n) is 8.39. The number of nitrogens with zero attached hydrogens (tertiary/aromatic N) is 1. The number of aromatic nitrogens is 1. The van der Waals surface area contributed by atoms with Crippen LogP contribution in [0.5, 0.6) is 5.75 Å². The minimum atomic E-state index is -0.821. The number of ether oxygens (including phenoxy) is 4. The molecule has 27 heavy (non-hydrogen) atoms. The van der Waals surface area contributed by atoms with Gasteiger partial charge < -0.3 is 18.9 Å². The monoisotopic (exact) mass is 395 g/mol. The van der Waals surface area contributed by atoms with Gasteiger partial charge in [-0.1, -0.05) is 6.07 Å². The van der Waals surface area contributed by atoms with Crippen molar-refractivity contribution >= 4 is 29.4 Å². The highest BCUT2D eigenvalue weighted by Crippen LogP contribution is 2.40. The van der Waals surface area contributed by atoms with Crippen LogP contribution in [0.25, 0.3) is 10.6 Å². The van der Waals surface area contributed by atoms with Gasteiger partial charge in [-0.2, -0.15) is 0 Å². The van der Waals surface area contributed by atoms with Crippen molar-refractivity contribution in [2.24, 2.45) is 0 Å². The highest BCUT2D eigenvalue weighted by atomic mass is 32.1. The summed E-state index contributed by atoms with van der Waals surface area (Å²) >= 11 is 1.29. The van der Waals surface area contributed by atoms with Gasteiger partial charge in [0.15, 0.2) is 11.4 Å². The summed E-state index contributed by atoms with van der Waals surface area (Å²) < 4.78 is 21.6. The number of carbonyl (C=O) groups is 3. The molecule has 0 N–H and O–H groups in total. The summed E-state index contributed by atoms with van der Waals surface area (Å²) in [5, 5.41) is 1.78. The Hall–Kier alpha value is -2.81. The largest absolute Gasteiger partial charge is 0.493 e. The Morgan fingerprint density at radius 2 is 1.63 bits per heavy atom. The van der Waals surface area contributed by atoms with Gasteiger partial charge in [0.2, 0.25) is 0 Å². The molecular formula is C18H21NO7S. The van der Waals surface area contributed by atoms with Crippen molar-refractivity contribution in [3.8, 4) is 16.3 Å². The molecule has 0 aliphatic rings. The quantitative estimate of drug-likeness (QED) is 0.522. The van der Waals surface area contributed by atoms with Crippen molar-refractivity contribution in [1.29, 1.82) is 0 Å². The SMILES string of the molecule is CCOC(=O)c1c(OC)c(C(=O)OCC)n(C(=O)OCC)c1-c1cccs1. The number of esters is 2. The molecule has 0 atom stereocenters. The molecule has 146 valence electrons. The third kappa shape index (κ3) is 3.97. The zero-order valence-corrected chi connectivity index (χ0v) is 16.4. The van der Waals surface area contributed by atoms with Gasteiger partial charge >= 0.3 is 18.0 Å². The first-order chi connectivity index (χ1) is 13.0. The topological polar surface area (TPSA) is 93.1 Å². The summed E-state index contributed by atoms with van der Waals surface area (Å²) in [5.41, 5.74) is -0.0797. The molecule has 0 aliphatic carbocycles. The predicted molar refractivity (Wildman–Crippen MR) is 98.6 cm³/mol. The molecule has 0 spiro atoms. The van der Waals surface area contributed by atoms with Crippen LogP contribution in [0.2, 0.25) is 0 Å². The number of hydrogen-bond donors (Lipinski definition) is 0. The van der Waals surface area contributed by atoms with Crippen molar-refractivity contribution in [1.82, 2.24) is 4.57 Å². The van der Waals surface area contributed by atoms with Gasteiger partial charge in [0.05, 0.1) is 37.5 Å². The van der Waals surface area contributed by atoms with Crippen LogP contribution in [0.3, 0.4) is 0 Å². The van der Waals surface area contributed by atoms with Gasteiger partial charge in [-0.05, 0) is 32.2 Å². The third-order valence-electron chi connectivity index (χ3n) is 3.48. The van der Waals surface area contributed by atoms with E-state index in [-0.39, 0.29) is 42.5 Å². The zero-order chi connectivity index (χ0) is 20.0. The molecule has 2 aromatic rings. The van der Waals surface area contributed by atoms with E-state index in [1.54, 1.807) is 38.3 Å². The minimum absolute atomic E-state index is 0.0297. The lowest BCUT2D eigenvalue weighted by atomic mass is 10.2. The number of hydrogen-bond acceptors (Lipinski definition) is 8. The van der Waals surface area contributed by atoms with E-state index >= 15 is 0 Å². The summed E-state index contributed by atoms with van der Waals surface area (Å²) in [7, 11) is 1.30. The minimum Gasteiger partial charge on any atom is -0.493 e. The Bertz CT molecular complexity index is 823.